The second-order valence-electron chi connectivity index (χ2n) is 4.67. The molecule has 0 fully saturated rings. The van der Waals surface area contributed by atoms with Crippen molar-refractivity contribution in [2.24, 2.45) is 0 Å². The highest BCUT2D eigenvalue weighted by atomic mass is 32.2. The summed E-state index contributed by atoms with van der Waals surface area (Å²) in [5, 5.41) is 3.42. The Bertz CT molecular complexity index is 508. The number of hydrogen-bond acceptors (Lipinski definition) is 2. The van der Waals surface area contributed by atoms with Gasteiger partial charge in [0.15, 0.2) is 0 Å². The summed E-state index contributed by atoms with van der Waals surface area (Å²) in [5.41, 5.74) is 4.11. The summed E-state index contributed by atoms with van der Waals surface area (Å²) in [5.74, 6) is 1.03. The van der Waals surface area contributed by atoms with Crippen LogP contribution in [0.3, 0.4) is 0 Å². The molecule has 0 aliphatic heterocycles. The standard InChI is InChI=1S/C17H21NS/c1-3-18-12-16-11-14(2)9-10-17(16)19-13-15-7-5-4-6-8-15/h4-11,18H,3,12-13H2,1-2H3. The Kier molecular flexibility index (Phi) is 5.49. The van der Waals surface area contributed by atoms with Crippen molar-refractivity contribution in [1.82, 2.24) is 5.32 Å². The van der Waals surface area contributed by atoms with Crippen LogP contribution in [-0.4, -0.2) is 6.54 Å². The zero-order valence-corrected chi connectivity index (χ0v) is 12.5. The van der Waals surface area contributed by atoms with Gasteiger partial charge in [-0.2, -0.15) is 0 Å². The normalized spacial score (nSPS) is 10.6. The van der Waals surface area contributed by atoms with E-state index in [4.69, 9.17) is 0 Å². The van der Waals surface area contributed by atoms with Crippen molar-refractivity contribution in [3.8, 4) is 0 Å². The van der Waals surface area contributed by atoms with Gasteiger partial charge >= 0.3 is 0 Å². The third-order valence-corrected chi connectivity index (χ3v) is 4.21. The Morgan fingerprint density at radius 2 is 1.84 bits per heavy atom. The fourth-order valence-electron chi connectivity index (χ4n) is 1.98. The molecule has 2 rings (SSSR count). The van der Waals surface area contributed by atoms with E-state index < -0.39 is 0 Å². The minimum Gasteiger partial charge on any atom is -0.313 e. The lowest BCUT2D eigenvalue weighted by Crippen LogP contribution is -2.12. The number of hydrogen-bond donors (Lipinski definition) is 1. The number of nitrogens with one attached hydrogen (secondary N) is 1. The molecule has 0 radical (unpaired) electrons. The van der Waals surface area contributed by atoms with E-state index >= 15 is 0 Å². The first-order valence-electron chi connectivity index (χ1n) is 6.76. The molecule has 2 heteroatoms. The molecule has 1 N–H and O–H groups in total. The summed E-state index contributed by atoms with van der Waals surface area (Å²) in [6.45, 7) is 6.26. The van der Waals surface area contributed by atoms with E-state index in [1.807, 2.05) is 11.8 Å². The molecule has 19 heavy (non-hydrogen) atoms. The van der Waals surface area contributed by atoms with Crippen molar-refractivity contribution in [1.29, 1.82) is 0 Å². The smallest absolute Gasteiger partial charge is 0.0232 e. The Hall–Kier alpha value is -1.25. The van der Waals surface area contributed by atoms with Gasteiger partial charge in [-0.1, -0.05) is 55.0 Å². The second kappa shape index (κ2) is 7.37. The molecular formula is C17H21NS. The molecule has 0 saturated carbocycles. The van der Waals surface area contributed by atoms with Gasteiger partial charge < -0.3 is 5.32 Å². The summed E-state index contributed by atoms with van der Waals surface area (Å²) in [6, 6.07) is 17.4. The molecule has 0 aromatic heterocycles. The zero-order chi connectivity index (χ0) is 13.5. The van der Waals surface area contributed by atoms with Crippen molar-refractivity contribution < 1.29 is 0 Å². The van der Waals surface area contributed by atoms with Crippen LogP contribution in [-0.2, 0) is 12.3 Å². The fraction of sp³-hybridized carbons (Fsp3) is 0.294. The van der Waals surface area contributed by atoms with Crippen molar-refractivity contribution >= 4 is 11.8 Å². The van der Waals surface area contributed by atoms with Crippen molar-refractivity contribution in [3.05, 3.63) is 65.2 Å². The van der Waals surface area contributed by atoms with E-state index in [1.165, 1.54) is 21.6 Å². The predicted octanol–water partition coefficient (Wildman–Crippen LogP) is 4.40. The third-order valence-electron chi connectivity index (χ3n) is 3.02. The monoisotopic (exact) mass is 271 g/mol. The van der Waals surface area contributed by atoms with E-state index in [0.717, 1.165) is 18.8 Å². The minimum atomic E-state index is 0.954. The number of thioether (sulfide) groups is 1. The Morgan fingerprint density at radius 3 is 2.58 bits per heavy atom. The van der Waals surface area contributed by atoms with Crippen LogP contribution in [0.2, 0.25) is 0 Å². The van der Waals surface area contributed by atoms with E-state index in [2.05, 4.69) is 67.7 Å². The van der Waals surface area contributed by atoms with Gasteiger partial charge in [0.05, 0.1) is 0 Å². The Balaban J connectivity index is 2.06. The summed E-state index contributed by atoms with van der Waals surface area (Å²) in [7, 11) is 0. The van der Waals surface area contributed by atoms with Crippen LogP contribution in [0.1, 0.15) is 23.6 Å². The SMILES string of the molecule is CCNCc1cc(C)ccc1SCc1ccccc1. The molecule has 0 saturated heterocycles. The maximum absolute atomic E-state index is 3.42. The van der Waals surface area contributed by atoms with Gasteiger partial charge in [-0.25, -0.2) is 0 Å². The van der Waals surface area contributed by atoms with Gasteiger partial charge in [0.2, 0.25) is 0 Å². The lowest BCUT2D eigenvalue weighted by Gasteiger charge is -2.11. The molecule has 0 aliphatic rings. The lowest BCUT2D eigenvalue weighted by molar-refractivity contribution is 0.717. The maximum atomic E-state index is 3.42. The summed E-state index contributed by atoms with van der Waals surface area (Å²) in [6.07, 6.45) is 0. The summed E-state index contributed by atoms with van der Waals surface area (Å²) in [4.78, 5) is 1.38. The molecular weight excluding hydrogens is 250 g/mol. The molecule has 0 heterocycles. The molecule has 0 aliphatic carbocycles. The molecule has 0 amide bonds. The van der Waals surface area contributed by atoms with Crippen LogP contribution in [0, 0.1) is 6.92 Å². The lowest BCUT2D eigenvalue weighted by atomic mass is 10.1. The maximum Gasteiger partial charge on any atom is 0.0232 e. The quantitative estimate of drug-likeness (QED) is 0.782. The largest absolute Gasteiger partial charge is 0.313 e. The van der Waals surface area contributed by atoms with Crippen LogP contribution in [0.15, 0.2) is 53.4 Å². The molecule has 0 bridgehead atoms. The van der Waals surface area contributed by atoms with Gasteiger partial charge in [-0.05, 0) is 30.7 Å². The first-order valence-corrected chi connectivity index (χ1v) is 7.75. The second-order valence-corrected chi connectivity index (χ2v) is 5.68. The average molecular weight is 271 g/mol. The summed E-state index contributed by atoms with van der Waals surface area (Å²) < 4.78 is 0. The van der Waals surface area contributed by atoms with E-state index in [9.17, 15) is 0 Å². The van der Waals surface area contributed by atoms with Crippen molar-refractivity contribution in [3.63, 3.8) is 0 Å². The van der Waals surface area contributed by atoms with Crippen LogP contribution < -0.4 is 5.32 Å². The molecule has 2 aromatic carbocycles. The average Bonchev–Trinajstić information content (AvgIpc) is 2.45. The van der Waals surface area contributed by atoms with Crippen LogP contribution in [0.4, 0.5) is 0 Å². The number of rotatable bonds is 6. The fourth-order valence-corrected chi connectivity index (χ4v) is 2.98. The first kappa shape index (κ1) is 14.2. The zero-order valence-electron chi connectivity index (χ0n) is 11.6. The highest BCUT2D eigenvalue weighted by Crippen LogP contribution is 2.27. The molecule has 1 nitrogen and oxygen atoms in total. The van der Waals surface area contributed by atoms with Gasteiger partial charge in [0.25, 0.3) is 0 Å². The van der Waals surface area contributed by atoms with Crippen molar-refractivity contribution in [2.75, 3.05) is 6.54 Å². The van der Waals surface area contributed by atoms with E-state index in [1.54, 1.807) is 0 Å². The highest BCUT2D eigenvalue weighted by molar-refractivity contribution is 7.98. The summed E-state index contributed by atoms with van der Waals surface area (Å²) >= 11 is 1.92. The van der Waals surface area contributed by atoms with Crippen LogP contribution in [0.5, 0.6) is 0 Å². The topological polar surface area (TPSA) is 12.0 Å². The number of benzene rings is 2. The first-order chi connectivity index (χ1) is 9.29. The Labute approximate surface area is 120 Å². The van der Waals surface area contributed by atoms with Gasteiger partial charge in [0, 0.05) is 17.2 Å². The predicted molar refractivity (Wildman–Crippen MR) is 84.6 cm³/mol. The third kappa shape index (κ3) is 4.41. The van der Waals surface area contributed by atoms with Gasteiger partial charge in [-0.3, -0.25) is 0 Å². The van der Waals surface area contributed by atoms with E-state index in [-0.39, 0.29) is 0 Å². The van der Waals surface area contributed by atoms with Crippen molar-refractivity contribution in [2.45, 2.75) is 31.0 Å². The molecule has 0 atom stereocenters. The molecule has 100 valence electrons. The van der Waals surface area contributed by atoms with Crippen LogP contribution in [0.25, 0.3) is 0 Å². The molecule has 0 unspecified atom stereocenters. The number of aryl methyl sites for hydroxylation is 1. The van der Waals surface area contributed by atoms with Gasteiger partial charge in [0.1, 0.15) is 0 Å². The molecule has 2 aromatic rings. The van der Waals surface area contributed by atoms with Gasteiger partial charge in [-0.15, -0.1) is 11.8 Å². The Morgan fingerprint density at radius 1 is 1.05 bits per heavy atom. The minimum absolute atomic E-state index is 0.954. The molecule has 0 spiro atoms. The van der Waals surface area contributed by atoms with Crippen LogP contribution >= 0.6 is 11.8 Å². The highest BCUT2D eigenvalue weighted by Gasteiger charge is 2.04. The van der Waals surface area contributed by atoms with E-state index in [0.29, 0.717) is 0 Å².